The lowest BCUT2D eigenvalue weighted by Gasteiger charge is -2.36. The van der Waals surface area contributed by atoms with E-state index in [0.29, 0.717) is 24.1 Å². The Morgan fingerprint density at radius 1 is 0.732 bits per heavy atom. The van der Waals surface area contributed by atoms with E-state index in [1.165, 1.54) is 103 Å². The van der Waals surface area contributed by atoms with E-state index in [1.807, 2.05) is 48.8 Å². The molecular weight excluding hydrogens is 533 g/mol. The summed E-state index contributed by atoms with van der Waals surface area (Å²) < 4.78 is 30.9. The number of quaternary nitrogens is 1. The van der Waals surface area contributed by atoms with E-state index in [4.69, 9.17) is 14.0 Å². The zero-order valence-corrected chi connectivity index (χ0v) is 29.5. The molecule has 0 fully saturated rings. The first-order valence-corrected chi connectivity index (χ1v) is 18.7. The number of ether oxygens (including phenoxy) is 2. The van der Waals surface area contributed by atoms with Crippen LogP contribution in [0.2, 0.25) is 0 Å². The van der Waals surface area contributed by atoms with Crippen LogP contribution in [0.15, 0.2) is 12.2 Å². The Morgan fingerprint density at radius 3 is 1.63 bits per heavy atom. The van der Waals surface area contributed by atoms with Crippen LogP contribution in [0.1, 0.15) is 150 Å². The Kier molecular flexibility index (Phi) is 24.0. The van der Waals surface area contributed by atoms with E-state index >= 15 is 0 Å². The fourth-order valence-corrected chi connectivity index (χ4v) is 7.19. The molecule has 7 heteroatoms. The zero-order chi connectivity index (χ0) is 31.0. The van der Waals surface area contributed by atoms with Crippen molar-refractivity contribution in [2.24, 2.45) is 0 Å². The second-order valence-electron chi connectivity index (χ2n) is 13.8. The summed E-state index contributed by atoms with van der Waals surface area (Å²) in [6.07, 6.45) is 27.3. The van der Waals surface area contributed by atoms with Gasteiger partial charge in [-0.3, -0.25) is 4.57 Å². The third-order valence-electron chi connectivity index (χ3n) is 7.46. The van der Waals surface area contributed by atoms with Gasteiger partial charge in [0.1, 0.15) is 6.10 Å². The van der Waals surface area contributed by atoms with Crippen molar-refractivity contribution in [2.75, 3.05) is 41.0 Å². The topological polar surface area (TPSA) is 65.0 Å². The third-order valence-corrected chi connectivity index (χ3v) is 9.79. The van der Waals surface area contributed by atoms with E-state index in [-0.39, 0.29) is 18.3 Å². The first kappa shape index (κ1) is 40.8. The summed E-state index contributed by atoms with van der Waals surface area (Å²) in [6.45, 7) is 11.2. The maximum absolute atomic E-state index is 12.9. The summed E-state index contributed by atoms with van der Waals surface area (Å²) in [4.78, 5) is 10.6. The van der Waals surface area contributed by atoms with Crippen LogP contribution in [0.4, 0.5) is 0 Å². The number of nitrogens with zero attached hydrogens (tertiary/aromatic N) is 1. The molecule has 0 aromatic carbocycles. The molecule has 0 rings (SSSR count). The highest BCUT2D eigenvalue weighted by Gasteiger charge is 2.42. The molecule has 1 N–H and O–H groups in total. The Morgan fingerprint density at radius 2 is 1.20 bits per heavy atom. The van der Waals surface area contributed by atoms with Gasteiger partial charge in [-0.1, -0.05) is 103 Å². The molecule has 0 aliphatic carbocycles. The van der Waals surface area contributed by atoms with Crippen LogP contribution in [0.3, 0.4) is 0 Å². The van der Waals surface area contributed by atoms with Gasteiger partial charge in [0.15, 0.2) is 5.78 Å². The van der Waals surface area contributed by atoms with Crippen molar-refractivity contribution in [3.63, 3.8) is 0 Å². The van der Waals surface area contributed by atoms with Gasteiger partial charge < -0.3 is 23.4 Å². The van der Waals surface area contributed by atoms with Gasteiger partial charge in [0.05, 0.1) is 40.0 Å². The van der Waals surface area contributed by atoms with Crippen LogP contribution in [0.25, 0.3) is 0 Å². The molecule has 246 valence electrons. The monoisotopic (exact) mass is 605 g/mol. The molecule has 0 saturated heterocycles. The maximum Gasteiger partial charge on any atom is 0.385 e. The molecule has 0 aliphatic heterocycles. The highest BCUT2D eigenvalue weighted by molar-refractivity contribution is 7.53. The highest BCUT2D eigenvalue weighted by Crippen LogP contribution is 2.51. The Labute approximate surface area is 256 Å². The zero-order valence-electron chi connectivity index (χ0n) is 28.6. The summed E-state index contributed by atoms with van der Waals surface area (Å²) in [7, 11) is 1.97. The number of allylic oxidation sites excluding steroid dienone is 2. The Balaban J connectivity index is 3.90. The van der Waals surface area contributed by atoms with Crippen molar-refractivity contribution < 1.29 is 27.9 Å². The molecule has 0 amide bonds. The van der Waals surface area contributed by atoms with Gasteiger partial charge >= 0.3 is 7.60 Å². The molecule has 0 heterocycles. The van der Waals surface area contributed by atoms with Crippen LogP contribution in [-0.2, 0) is 18.6 Å². The number of unbranched alkanes of at least 4 members (excludes halogenated alkanes) is 15. The van der Waals surface area contributed by atoms with Gasteiger partial charge in [-0.25, -0.2) is 0 Å². The fraction of sp³-hybridized carbons (Fsp3) is 0.941. The van der Waals surface area contributed by atoms with E-state index in [9.17, 15) is 9.46 Å². The summed E-state index contributed by atoms with van der Waals surface area (Å²) in [5, 5.41) is 0. The molecule has 0 bridgehead atoms. The molecule has 6 nitrogen and oxygen atoms in total. The average molecular weight is 605 g/mol. The molecule has 0 aliphatic rings. The minimum atomic E-state index is -3.79. The summed E-state index contributed by atoms with van der Waals surface area (Å²) >= 11 is 0. The van der Waals surface area contributed by atoms with Crippen molar-refractivity contribution in [1.29, 1.82) is 0 Å². The average Bonchev–Trinajstić information content (AvgIpc) is 2.86. The maximum atomic E-state index is 12.9. The van der Waals surface area contributed by atoms with E-state index < -0.39 is 13.4 Å². The van der Waals surface area contributed by atoms with Gasteiger partial charge in [0, 0.05) is 13.0 Å². The SMILES string of the molecule is CCCCCCCCCC/C=C\CCCCCCCCCOC[C@H](COP(=O)(O)C(CC)[N+](C)(C)C)OC(C)(C)C. The van der Waals surface area contributed by atoms with Gasteiger partial charge in [0.2, 0.25) is 0 Å². The van der Waals surface area contributed by atoms with Crippen molar-refractivity contribution in [1.82, 2.24) is 0 Å². The van der Waals surface area contributed by atoms with Crippen LogP contribution in [0.5, 0.6) is 0 Å². The minimum Gasteiger partial charge on any atom is -0.379 e. The normalized spacial score (nSPS) is 15.8. The molecule has 0 spiro atoms. The lowest BCUT2D eigenvalue weighted by molar-refractivity contribution is -0.883. The van der Waals surface area contributed by atoms with E-state index in [1.54, 1.807) is 0 Å². The molecule has 2 unspecified atom stereocenters. The first-order valence-electron chi connectivity index (χ1n) is 17.0. The van der Waals surface area contributed by atoms with Gasteiger partial charge in [-0.05, 0) is 52.9 Å². The lowest BCUT2D eigenvalue weighted by atomic mass is 10.1. The fourth-order valence-electron chi connectivity index (χ4n) is 5.31. The number of hydrogen-bond acceptors (Lipinski definition) is 4. The quantitative estimate of drug-likeness (QED) is 0.0417. The smallest absolute Gasteiger partial charge is 0.379 e. The van der Waals surface area contributed by atoms with Crippen LogP contribution < -0.4 is 0 Å². The molecule has 0 saturated carbocycles. The van der Waals surface area contributed by atoms with Crippen molar-refractivity contribution in [3.8, 4) is 0 Å². The first-order chi connectivity index (χ1) is 19.3. The third kappa shape index (κ3) is 24.9. The number of rotatable bonds is 28. The van der Waals surface area contributed by atoms with Crippen LogP contribution >= 0.6 is 7.60 Å². The summed E-state index contributed by atoms with van der Waals surface area (Å²) in [5.41, 5.74) is -0.385. The van der Waals surface area contributed by atoms with Crippen LogP contribution in [-0.4, -0.2) is 67.8 Å². The largest absolute Gasteiger partial charge is 0.385 e. The van der Waals surface area contributed by atoms with Crippen molar-refractivity contribution in [2.45, 2.75) is 168 Å². The standard InChI is InChI=1S/C34H70NO5P/c1-9-11-12-13-14-15-16-17-18-19-20-21-22-23-24-25-26-27-28-29-38-30-32(40-34(3,4)5)31-39-41(36,37)33(10-2)35(6,7)8/h19-20,32-33H,9-18,21-31H2,1-8H3/p+1/b20-19-/t32-,33?/m1/s1. The predicted molar refractivity (Wildman–Crippen MR) is 177 cm³/mol. The molecule has 0 radical (unpaired) electrons. The second kappa shape index (κ2) is 24.1. The van der Waals surface area contributed by atoms with Crippen molar-refractivity contribution >= 4 is 7.60 Å². The van der Waals surface area contributed by atoms with Crippen LogP contribution in [0, 0.1) is 0 Å². The van der Waals surface area contributed by atoms with Gasteiger partial charge in [0.25, 0.3) is 0 Å². The molecule has 41 heavy (non-hydrogen) atoms. The number of hydrogen-bond donors (Lipinski definition) is 1. The Hall–Kier alpha value is -0.230. The lowest BCUT2D eigenvalue weighted by Crippen LogP contribution is -2.45. The molecular formula is C34H71NO5P+. The predicted octanol–water partition coefficient (Wildman–Crippen LogP) is 10.0. The summed E-state index contributed by atoms with van der Waals surface area (Å²) in [6, 6.07) is 0. The summed E-state index contributed by atoms with van der Waals surface area (Å²) in [5.74, 6) is -0.472. The molecule has 3 atom stereocenters. The van der Waals surface area contributed by atoms with E-state index in [0.717, 1.165) is 6.42 Å². The molecule has 0 aromatic rings. The van der Waals surface area contributed by atoms with Gasteiger partial charge in [-0.15, -0.1) is 0 Å². The van der Waals surface area contributed by atoms with Crippen molar-refractivity contribution in [3.05, 3.63) is 12.2 Å². The van der Waals surface area contributed by atoms with E-state index in [2.05, 4.69) is 19.1 Å². The van der Waals surface area contributed by atoms with Gasteiger partial charge in [-0.2, -0.15) is 0 Å². The second-order valence-corrected chi connectivity index (χ2v) is 15.8. The highest BCUT2D eigenvalue weighted by atomic mass is 31.2. The molecule has 0 aromatic heterocycles. The minimum absolute atomic E-state index is 0.0515. The Bertz CT molecular complexity index is 671.